The smallest absolute Gasteiger partial charge is 0.248 e. The van der Waals surface area contributed by atoms with Crippen molar-refractivity contribution < 1.29 is 4.79 Å². The number of nitrogens with zero attached hydrogens (tertiary/aromatic N) is 1. The molecule has 0 aromatic heterocycles. The van der Waals surface area contributed by atoms with Crippen molar-refractivity contribution >= 4 is 12.0 Å². The Morgan fingerprint density at radius 1 is 1.09 bits per heavy atom. The Balaban J connectivity index is 2.89. The second kappa shape index (κ2) is 9.99. The number of hydrogen-bond acceptors (Lipinski definition) is 1. The topological polar surface area (TPSA) is 20.3 Å². The van der Waals surface area contributed by atoms with Gasteiger partial charge in [-0.15, -0.1) is 0 Å². The van der Waals surface area contributed by atoms with Crippen molar-refractivity contribution in [3.63, 3.8) is 0 Å². The highest BCUT2D eigenvalue weighted by Crippen LogP contribution is 2.17. The van der Waals surface area contributed by atoms with E-state index in [9.17, 15) is 4.79 Å². The average Bonchev–Trinajstić information content (AvgIpc) is 2.51. The molecule has 0 N–H and O–H groups in total. The molecule has 0 atom stereocenters. The molecule has 22 heavy (non-hydrogen) atoms. The lowest BCUT2D eigenvalue weighted by Crippen LogP contribution is -2.22. The summed E-state index contributed by atoms with van der Waals surface area (Å²) < 4.78 is 0. The number of benzene rings is 1. The Morgan fingerprint density at radius 3 is 2.36 bits per heavy atom. The van der Waals surface area contributed by atoms with E-state index in [4.69, 9.17) is 0 Å². The first kappa shape index (κ1) is 18.2. The predicted molar refractivity (Wildman–Crippen MR) is 95.6 cm³/mol. The molecule has 1 aromatic rings. The van der Waals surface area contributed by atoms with Crippen molar-refractivity contribution in [3.05, 3.63) is 53.1 Å². The molecule has 1 aromatic carbocycles. The van der Waals surface area contributed by atoms with Gasteiger partial charge in [-0.3, -0.25) is 4.79 Å². The number of amides is 1. The molecule has 1 rings (SSSR count). The van der Waals surface area contributed by atoms with Crippen molar-refractivity contribution in [1.82, 2.24) is 4.90 Å². The van der Waals surface area contributed by atoms with Gasteiger partial charge in [0.25, 0.3) is 0 Å². The maximum atomic E-state index is 12.0. The number of hydrogen-bond donors (Lipinski definition) is 0. The lowest BCUT2D eigenvalue weighted by molar-refractivity contribution is -0.124. The monoisotopic (exact) mass is 299 g/mol. The van der Waals surface area contributed by atoms with Gasteiger partial charge in [0.2, 0.25) is 5.91 Å². The van der Waals surface area contributed by atoms with Gasteiger partial charge >= 0.3 is 0 Å². The summed E-state index contributed by atoms with van der Waals surface area (Å²) >= 11 is 0. The minimum Gasteiger partial charge on any atom is -0.345 e. The minimum absolute atomic E-state index is 0.0764. The van der Waals surface area contributed by atoms with Crippen LogP contribution in [0.4, 0.5) is 0 Å². The van der Waals surface area contributed by atoms with Crippen LogP contribution in [0.2, 0.25) is 0 Å². The summed E-state index contributed by atoms with van der Waals surface area (Å²) in [4.78, 5) is 13.7. The van der Waals surface area contributed by atoms with E-state index in [0.717, 1.165) is 12.0 Å². The third-order valence-electron chi connectivity index (χ3n) is 3.62. The molecule has 120 valence electrons. The molecule has 1 amide bonds. The third-order valence-corrected chi connectivity index (χ3v) is 3.62. The summed E-state index contributed by atoms with van der Waals surface area (Å²) in [5.41, 5.74) is 3.21. The molecule has 0 saturated heterocycles. The fraction of sp³-hybridized carbons (Fsp3) is 0.450. The zero-order valence-corrected chi connectivity index (χ0v) is 14.4. The van der Waals surface area contributed by atoms with Crippen LogP contribution < -0.4 is 0 Å². The summed E-state index contributed by atoms with van der Waals surface area (Å²) in [6.07, 6.45) is 10.2. The van der Waals surface area contributed by atoms with Crippen molar-refractivity contribution in [3.8, 4) is 0 Å². The van der Waals surface area contributed by atoms with Crippen molar-refractivity contribution in [2.45, 2.75) is 46.0 Å². The van der Waals surface area contributed by atoms with Crippen LogP contribution in [0.3, 0.4) is 0 Å². The second-order valence-electron chi connectivity index (χ2n) is 5.97. The van der Waals surface area contributed by atoms with Crippen LogP contribution in [0.1, 0.15) is 51.5 Å². The first-order valence-corrected chi connectivity index (χ1v) is 8.20. The van der Waals surface area contributed by atoms with Crippen LogP contribution in [-0.2, 0) is 4.79 Å². The Hall–Kier alpha value is -1.83. The van der Waals surface area contributed by atoms with Gasteiger partial charge in [0.1, 0.15) is 0 Å². The van der Waals surface area contributed by atoms with E-state index < -0.39 is 0 Å². The Bertz CT molecular complexity index is 512. The van der Waals surface area contributed by atoms with Gasteiger partial charge in [-0.05, 0) is 30.9 Å². The number of allylic oxidation sites excluding steroid dienone is 2. The van der Waals surface area contributed by atoms with Crippen LogP contribution in [0.15, 0.2) is 47.6 Å². The molecule has 2 heteroatoms. The normalized spacial score (nSPS) is 12.4. The van der Waals surface area contributed by atoms with Crippen molar-refractivity contribution in [1.29, 1.82) is 0 Å². The van der Waals surface area contributed by atoms with E-state index in [2.05, 4.69) is 25.1 Å². The summed E-state index contributed by atoms with van der Waals surface area (Å²) in [5, 5.41) is 0. The van der Waals surface area contributed by atoms with Crippen LogP contribution in [-0.4, -0.2) is 24.9 Å². The van der Waals surface area contributed by atoms with Gasteiger partial charge in [0.15, 0.2) is 0 Å². The summed E-state index contributed by atoms with van der Waals surface area (Å²) in [6, 6.07) is 10.3. The number of carbonyl (C=O) groups is 1. The van der Waals surface area contributed by atoms with E-state index >= 15 is 0 Å². The lowest BCUT2D eigenvalue weighted by Gasteiger charge is -2.11. The van der Waals surface area contributed by atoms with Crippen LogP contribution >= 0.6 is 0 Å². The van der Waals surface area contributed by atoms with Gasteiger partial charge in [-0.1, -0.05) is 68.7 Å². The van der Waals surface area contributed by atoms with Gasteiger partial charge in [0, 0.05) is 19.7 Å². The highest BCUT2D eigenvalue weighted by Gasteiger charge is 2.07. The zero-order valence-electron chi connectivity index (χ0n) is 14.4. The Kier molecular flexibility index (Phi) is 8.27. The minimum atomic E-state index is 0.0764. The molecule has 2 nitrogen and oxygen atoms in total. The Labute approximate surface area is 135 Å². The molecule has 0 heterocycles. The Morgan fingerprint density at radius 2 is 1.77 bits per heavy atom. The molecule has 0 spiro atoms. The molecule has 0 unspecified atom stereocenters. The molecule has 0 aliphatic carbocycles. The van der Waals surface area contributed by atoms with E-state index in [0.29, 0.717) is 0 Å². The number of unbranched alkanes of at least 4 members (excludes halogenated alkanes) is 3. The standard InChI is InChI=1S/C20H29NO/c1-5-6-7-9-14-19(15-17(2)20(22)21(3)4)16-18-12-10-8-11-13-18/h8,10-13,15-16H,5-7,9,14H2,1-4H3/b17-15+,19-16+. The van der Waals surface area contributed by atoms with Crippen molar-refractivity contribution in [2.75, 3.05) is 14.1 Å². The van der Waals surface area contributed by atoms with E-state index in [1.165, 1.54) is 36.8 Å². The van der Waals surface area contributed by atoms with Gasteiger partial charge in [0.05, 0.1) is 0 Å². The SMILES string of the molecule is CCCCCCC(=C\c1ccccc1)/C=C(\C)C(=O)N(C)C. The first-order chi connectivity index (χ1) is 10.5. The fourth-order valence-electron chi connectivity index (χ4n) is 2.40. The van der Waals surface area contributed by atoms with Crippen molar-refractivity contribution in [2.24, 2.45) is 0 Å². The maximum absolute atomic E-state index is 12.0. The van der Waals surface area contributed by atoms with Crippen LogP contribution in [0.25, 0.3) is 6.08 Å². The van der Waals surface area contributed by atoms with Crippen LogP contribution in [0, 0.1) is 0 Å². The number of rotatable bonds is 8. The molecule has 0 saturated carbocycles. The third kappa shape index (κ3) is 6.75. The molecule has 0 aliphatic heterocycles. The van der Waals surface area contributed by atoms with E-state index in [1.807, 2.05) is 31.2 Å². The highest BCUT2D eigenvalue weighted by molar-refractivity contribution is 5.93. The maximum Gasteiger partial charge on any atom is 0.248 e. The predicted octanol–water partition coefficient (Wildman–Crippen LogP) is 5.07. The molecule has 0 aliphatic rings. The van der Waals surface area contributed by atoms with E-state index in [1.54, 1.807) is 19.0 Å². The lowest BCUT2D eigenvalue weighted by atomic mass is 10.0. The summed E-state index contributed by atoms with van der Waals surface area (Å²) in [6.45, 7) is 4.12. The molecule has 0 fully saturated rings. The number of carbonyl (C=O) groups excluding carboxylic acids is 1. The highest BCUT2D eigenvalue weighted by atomic mass is 16.2. The molecular formula is C20H29NO. The van der Waals surface area contributed by atoms with Gasteiger partial charge < -0.3 is 4.90 Å². The second-order valence-corrected chi connectivity index (χ2v) is 5.97. The van der Waals surface area contributed by atoms with E-state index in [-0.39, 0.29) is 5.91 Å². The largest absolute Gasteiger partial charge is 0.345 e. The molecular weight excluding hydrogens is 270 g/mol. The summed E-state index contributed by atoms with van der Waals surface area (Å²) in [7, 11) is 3.59. The van der Waals surface area contributed by atoms with Gasteiger partial charge in [-0.2, -0.15) is 0 Å². The average molecular weight is 299 g/mol. The molecule has 0 bridgehead atoms. The fourth-order valence-corrected chi connectivity index (χ4v) is 2.40. The summed E-state index contributed by atoms with van der Waals surface area (Å²) in [5.74, 6) is 0.0764. The molecule has 0 radical (unpaired) electrons. The first-order valence-electron chi connectivity index (χ1n) is 8.20. The zero-order chi connectivity index (χ0) is 16.4. The van der Waals surface area contributed by atoms with Crippen LogP contribution in [0.5, 0.6) is 0 Å². The number of likely N-dealkylation sites (N-methyl/N-ethyl adjacent to an activating group) is 1. The quantitative estimate of drug-likeness (QED) is 0.372. The van der Waals surface area contributed by atoms with Gasteiger partial charge in [-0.25, -0.2) is 0 Å².